The highest BCUT2D eigenvalue weighted by atomic mass is 16.5. The van der Waals surface area contributed by atoms with Crippen LogP contribution in [0.4, 0.5) is 23.0 Å². The van der Waals surface area contributed by atoms with E-state index in [-0.39, 0.29) is 11.8 Å². The number of hydrogen-bond donors (Lipinski definition) is 2. The van der Waals surface area contributed by atoms with E-state index in [0.717, 1.165) is 69.5 Å². The van der Waals surface area contributed by atoms with E-state index in [0.29, 0.717) is 19.0 Å². The second-order valence-electron chi connectivity index (χ2n) is 9.26. The lowest BCUT2D eigenvalue weighted by Crippen LogP contribution is -2.41. The minimum absolute atomic E-state index is 0.0160. The summed E-state index contributed by atoms with van der Waals surface area (Å²) in [5.74, 6) is 2.47. The molecule has 0 spiro atoms. The van der Waals surface area contributed by atoms with Gasteiger partial charge >= 0.3 is 0 Å². The fourth-order valence-electron chi connectivity index (χ4n) is 4.66. The fourth-order valence-corrected chi connectivity index (χ4v) is 4.66. The van der Waals surface area contributed by atoms with Gasteiger partial charge in [0, 0.05) is 43.5 Å². The average molecular weight is 503 g/mol. The van der Waals surface area contributed by atoms with E-state index in [2.05, 4.69) is 54.9 Å². The van der Waals surface area contributed by atoms with Crippen LogP contribution < -0.4 is 25.2 Å². The zero-order valence-corrected chi connectivity index (χ0v) is 21.0. The Balaban J connectivity index is 1.04. The Hall–Kier alpha value is -3.85. The third kappa shape index (κ3) is 6.89. The van der Waals surface area contributed by atoms with Crippen molar-refractivity contribution < 1.29 is 14.3 Å². The van der Waals surface area contributed by atoms with E-state index >= 15 is 0 Å². The molecule has 0 radical (unpaired) electrons. The molecule has 2 aromatic carbocycles. The zero-order chi connectivity index (χ0) is 25.3. The van der Waals surface area contributed by atoms with E-state index < -0.39 is 0 Å². The molecule has 2 aliphatic heterocycles. The van der Waals surface area contributed by atoms with Gasteiger partial charge in [0.25, 0.3) is 0 Å². The molecule has 0 atom stereocenters. The number of morpholine rings is 1. The Morgan fingerprint density at radius 2 is 1.65 bits per heavy atom. The topological polar surface area (TPSA) is 91.9 Å². The van der Waals surface area contributed by atoms with Crippen LogP contribution in [0.25, 0.3) is 0 Å². The Bertz CT molecular complexity index is 1110. The number of ether oxygens (including phenoxy) is 2. The predicted octanol–water partition coefficient (Wildman–Crippen LogP) is 3.47. The Morgan fingerprint density at radius 3 is 2.35 bits per heavy atom. The summed E-state index contributed by atoms with van der Waals surface area (Å²) in [6.45, 7) is 5.92. The summed E-state index contributed by atoms with van der Waals surface area (Å²) in [4.78, 5) is 17.1. The zero-order valence-electron chi connectivity index (χ0n) is 21.0. The summed E-state index contributed by atoms with van der Waals surface area (Å²) in [5.41, 5.74) is 2.17. The van der Waals surface area contributed by atoms with Crippen molar-refractivity contribution in [2.24, 2.45) is 5.92 Å². The third-order valence-corrected chi connectivity index (χ3v) is 6.77. The summed E-state index contributed by atoms with van der Waals surface area (Å²) in [7, 11) is 0. The number of benzene rings is 2. The van der Waals surface area contributed by atoms with Crippen LogP contribution in [0.2, 0.25) is 0 Å². The van der Waals surface area contributed by atoms with Crippen LogP contribution in [0.5, 0.6) is 5.75 Å². The molecule has 2 fully saturated rings. The average Bonchev–Trinajstić information content (AvgIpc) is 2.97. The number of para-hydroxylation sites is 1. The molecule has 9 heteroatoms. The number of aromatic nitrogens is 2. The normalized spacial score (nSPS) is 16.3. The molecule has 37 heavy (non-hydrogen) atoms. The van der Waals surface area contributed by atoms with Gasteiger partial charge in [-0.1, -0.05) is 18.2 Å². The molecule has 2 saturated heterocycles. The van der Waals surface area contributed by atoms with E-state index in [1.165, 1.54) is 5.69 Å². The van der Waals surface area contributed by atoms with E-state index in [9.17, 15) is 4.79 Å². The van der Waals surface area contributed by atoms with Gasteiger partial charge in [0.05, 0.1) is 19.8 Å². The first kappa shape index (κ1) is 24.8. The fraction of sp³-hybridized carbons (Fsp3) is 0.393. The minimum atomic E-state index is 0.0160. The van der Waals surface area contributed by atoms with Crippen molar-refractivity contribution in [1.29, 1.82) is 0 Å². The van der Waals surface area contributed by atoms with Gasteiger partial charge in [-0.2, -0.15) is 0 Å². The second-order valence-corrected chi connectivity index (χ2v) is 9.26. The van der Waals surface area contributed by atoms with E-state index in [4.69, 9.17) is 9.47 Å². The third-order valence-electron chi connectivity index (χ3n) is 6.77. The first-order chi connectivity index (χ1) is 18.2. The molecule has 9 nitrogen and oxygen atoms in total. The molecule has 0 saturated carbocycles. The molecule has 5 rings (SSSR count). The first-order valence-electron chi connectivity index (χ1n) is 13.0. The number of nitrogens with zero attached hydrogens (tertiary/aromatic N) is 4. The van der Waals surface area contributed by atoms with Gasteiger partial charge in [-0.15, -0.1) is 10.2 Å². The number of rotatable bonds is 9. The maximum atomic E-state index is 12.6. The predicted molar refractivity (Wildman–Crippen MR) is 145 cm³/mol. The van der Waals surface area contributed by atoms with E-state index in [1.54, 1.807) is 0 Å². The molecule has 3 aromatic rings. The minimum Gasteiger partial charge on any atom is -0.492 e. The number of piperidine rings is 1. The molecule has 1 aromatic heterocycles. The van der Waals surface area contributed by atoms with Gasteiger partial charge in [0.2, 0.25) is 5.91 Å². The molecule has 0 bridgehead atoms. The van der Waals surface area contributed by atoms with Gasteiger partial charge in [0.1, 0.15) is 12.4 Å². The van der Waals surface area contributed by atoms with Crippen LogP contribution in [0.3, 0.4) is 0 Å². The molecular formula is C28H34N6O3. The summed E-state index contributed by atoms with van der Waals surface area (Å²) >= 11 is 0. The van der Waals surface area contributed by atoms with Crippen LogP contribution >= 0.6 is 0 Å². The van der Waals surface area contributed by atoms with Crippen molar-refractivity contribution in [3.63, 3.8) is 0 Å². The molecule has 0 unspecified atom stereocenters. The molecule has 3 heterocycles. The van der Waals surface area contributed by atoms with Crippen molar-refractivity contribution in [3.8, 4) is 5.75 Å². The Morgan fingerprint density at radius 1 is 0.892 bits per heavy atom. The number of amides is 1. The number of carbonyl (C=O) groups excluding carboxylic acids is 1. The molecule has 0 aliphatic carbocycles. The standard InChI is InChI=1S/C28H34N6O3/c35-28(29-14-19-37-25-4-2-1-3-5-25)22-12-15-34(16-13-22)27-11-10-26(31-32-27)30-23-6-8-24(9-7-23)33-17-20-36-21-18-33/h1-11,22H,12-21H2,(H,29,35)(H,30,31). The van der Waals surface area contributed by atoms with Gasteiger partial charge in [-0.05, 0) is 61.4 Å². The van der Waals surface area contributed by atoms with Crippen LogP contribution in [0.1, 0.15) is 12.8 Å². The van der Waals surface area contributed by atoms with Crippen molar-refractivity contribution >= 4 is 28.9 Å². The number of carbonyl (C=O) groups is 1. The highest BCUT2D eigenvalue weighted by Gasteiger charge is 2.25. The molecule has 2 aliphatic rings. The number of hydrogen-bond acceptors (Lipinski definition) is 8. The van der Waals surface area contributed by atoms with Crippen LogP contribution in [0, 0.1) is 5.92 Å². The maximum Gasteiger partial charge on any atom is 0.223 e. The SMILES string of the molecule is O=C(NCCOc1ccccc1)C1CCN(c2ccc(Nc3ccc(N4CCOCC4)cc3)nn2)CC1. The van der Waals surface area contributed by atoms with Crippen LogP contribution in [-0.2, 0) is 9.53 Å². The lowest BCUT2D eigenvalue weighted by Gasteiger charge is -2.31. The highest BCUT2D eigenvalue weighted by Crippen LogP contribution is 2.24. The quantitative estimate of drug-likeness (QED) is 0.430. The summed E-state index contributed by atoms with van der Waals surface area (Å²) in [5, 5.41) is 15.1. The van der Waals surface area contributed by atoms with Gasteiger partial charge in [-0.25, -0.2) is 0 Å². The first-order valence-corrected chi connectivity index (χ1v) is 13.0. The summed E-state index contributed by atoms with van der Waals surface area (Å²) < 4.78 is 11.1. The molecule has 1 amide bonds. The second kappa shape index (κ2) is 12.4. The largest absolute Gasteiger partial charge is 0.492 e. The van der Waals surface area contributed by atoms with Crippen molar-refractivity contribution in [2.75, 3.05) is 67.7 Å². The molecule has 194 valence electrons. The summed E-state index contributed by atoms with van der Waals surface area (Å²) in [6.07, 6.45) is 1.59. The highest BCUT2D eigenvalue weighted by molar-refractivity contribution is 5.79. The molecule has 2 N–H and O–H groups in total. The van der Waals surface area contributed by atoms with Crippen LogP contribution in [-0.4, -0.2) is 68.6 Å². The van der Waals surface area contributed by atoms with Crippen molar-refractivity contribution in [2.45, 2.75) is 12.8 Å². The van der Waals surface area contributed by atoms with Crippen molar-refractivity contribution in [1.82, 2.24) is 15.5 Å². The van der Waals surface area contributed by atoms with Gasteiger partial charge < -0.3 is 29.9 Å². The lowest BCUT2D eigenvalue weighted by molar-refractivity contribution is -0.125. The lowest BCUT2D eigenvalue weighted by atomic mass is 9.96. The summed E-state index contributed by atoms with van der Waals surface area (Å²) in [6, 6.07) is 21.9. The Labute approximate surface area is 217 Å². The number of nitrogens with one attached hydrogen (secondary N) is 2. The van der Waals surface area contributed by atoms with Crippen LogP contribution in [0.15, 0.2) is 66.7 Å². The van der Waals surface area contributed by atoms with Gasteiger partial charge in [-0.3, -0.25) is 4.79 Å². The maximum absolute atomic E-state index is 12.6. The van der Waals surface area contributed by atoms with Gasteiger partial charge in [0.15, 0.2) is 11.6 Å². The monoisotopic (exact) mass is 502 g/mol. The van der Waals surface area contributed by atoms with Crippen molar-refractivity contribution in [3.05, 3.63) is 66.7 Å². The molecular weight excluding hydrogens is 468 g/mol. The smallest absolute Gasteiger partial charge is 0.223 e. The van der Waals surface area contributed by atoms with E-state index in [1.807, 2.05) is 42.5 Å². The Kier molecular flexibility index (Phi) is 8.32. The number of anilines is 4.